The van der Waals surface area contributed by atoms with E-state index in [1.807, 2.05) is 6.19 Å². The molecule has 0 aliphatic carbocycles. The Hall–Kier alpha value is -0.360. The fourth-order valence-corrected chi connectivity index (χ4v) is 2.37. The fourth-order valence-electron chi connectivity index (χ4n) is 0.788. The van der Waals surface area contributed by atoms with Gasteiger partial charge in [0.05, 0.1) is 0 Å². The minimum Gasteiger partial charge on any atom is -0.170 e. The molecular formula is C5H8N2S. The van der Waals surface area contributed by atoms with Crippen LogP contribution in [0.25, 0.3) is 0 Å². The van der Waals surface area contributed by atoms with Crippen LogP contribution in [-0.4, -0.2) is 11.5 Å². The second kappa shape index (κ2) is 2.83. The van der Waals surface area contributed by atoms with Gasteiger partial charge in [-0.25, -0.2) is 0 Å². The highest BCUT2D eigenvalue weighted by atomic mass is 32.2. The van der Waals surface area contributed by atoms with Crippen molar-refractivity contribution in [3.05, 3.63) is 0 Å². The summed E-state index contributed by atoms with van der Waals surface area (Å²) in [4.78, 5) is 0. The van der Waals surface area contributed by atoms with Crippen molar-refractivity contribution in [2.75, 3.05) is 11.5 Å². The number of hydrogen-bond donors (Lipinski definition) is 0. The van der Waals surface area contributed by atoms with Gasteiger partial charge in [-0.1, -0.05) is 10.7 Å². The van der Waals surface area contributed by atoms with Crippen LogP contribution < -0.4 is 0 Å². The van der Waals surface area contributed by atoms with E-state index in [0.717, 1.165) is 11.5 Å². The highest BCUT2D eigenvalue weighted by Gasteiger charge is 2.04. The topological polar surface area (TPSA) is 36.1 Å². The molecule has 0 unspecified atom stereocenters. The van der Waals surface area contributed by atoms with E-state index >= 15 is 0 Å². The van der Waals surface area contributed by atoms with E-state index in [2.05, 4.69) is 4.36 Å². The Morgan fingerprint density at radius 3 is 2.50 bits per heavy atom. The Kier molecular flexibility index (Phi) is 2.04. The molecule has 0 aromatic carbocycles. The Balaban J connectivity index is 2.48. The van der Waals surface area contributed by atoms with E-state index in [4.69, 9.17) is 5.26 Å². The number of rotatable bonds is 0. The molecule has 8 heavy (non-hydrogen) atoms. The Bertz CT molecular complexity index is 137. The van der Waals surface area contributed by atoms with Crippen molar-refractivity contribution >= 4 is 10.7 Å². The normalized spacial score (nSPS) is 20.4. The third kappa shape index (κ3) is 1.31. The van der Waals surface area contributed by atoms with Crippen molar-refractivity contribution in [3.63, 3.8) is 0 Å². The summed E-state index contributed by atoms with van der Waals surface area (Å²) in [5, 5.41) is 8.12. The van der Waals surface area contributed by atoms with Crippen molar-refractivity contribution < 1.29 is 0 Å². The predicted octanol–water partition coefficient (Wildman–Crippen LogP) is 1.06. The molecule has 0 amide bonds. The van der Waals surface area contributed by atoms with Gasteiger partial charge in [-0.2, -0.15) is 9.62 Å². The van der Waals surface area contributed by atoms with Crippen LogP contribution in [0.1, 0.15) is 12.8 Å². The van der Waals surface area contributed by atoms with Gasteiger partial charge in [-0.15, -0.1) is 0 Å². The van der Waals surface area contributed by atoms with Gasteiger partial charge >= 0.3 is 0 Å². The number of nitriles is 1. The van der Waals surface area contributed by atoms with Gasteiger partial charge in [0.2, 0.25) is 6.19 Å². The summed E-state index contributed by atoms with van der Waals surface area (Å²) in [5.74, 6) is 2.32. The smallest absolute Gasteiger partial charge is 0.170 e. The minimum absolute atomic E-state index is 0.137. The maximum Gasteiger partial charge on any atom is 0.212 e. The highest BCUT2D eigenvalue weighted by Crippen LogP contribution is 2.07. The average Bonchev–Trinajstić information content (AvgIpc) is 2.19. The van der Waals surface area contributed by atoms with Gasteiger partial charge in [0.25, 0.3) is 0 Å². The molecule has 1 aliphatic heterocycles. The molecule has 2 nitrogen and oxygen atoms in total. The van der Waals surface area contributed by atoms with E-state index in [1.165, 1.54) is 12.8 Å². The van der Waals surface area contributed by atoms with Crippen LogP contribution in [0, 0.1) is 11.5 Å². The Morgan fingerprint density at radius 1 is 1.38 bits per heavy atom. The first-order chi connectivity index (χ1) is 3.93. The summed E-state index contributed by atoms with van der Waals surface area (Å²) >= 11 is 0. The van der Waals surface area contributed by atoms with Crippen LogP contribution >= 0.6 is 0 Å². The van der Waals surface area contributed by atoms with Crippen LogP contribution in [0.5, 0.6) is 0 Å². The van der Waals surface area contributed by atoms with Crippen LogP contribution in [0.3, 0.4) is 0 Å². The van der Waals surface area contributed by atoms with Gasteiger partial charge in [-0.05, 0) is 12.8 Å². The Labute approximate surface area is 51.6 Å². The molecule has 1 aliphatic rings. The molecule has 44 valence electrons. The first kappa shape index (κ1) is 5.77. The van der Waals surface area contributed by atoms with E-state index in [0.29, 0.717) is 0 Å². The summed E-state index contributed by atoms with van der Waals surface area (Å²) in [5.41, 5.74) is 0. The van der Waals surface area contributed by atoms with Crippen molar-refractivity contribution in [1.82, 2.24) is 0 Å². The van der Waals surface area contributed by atoms with Crippen molar-refractivity contribution in [3.8, 4) is 6.19 Å². The van der Waals surface area contributed by atoms with E-state index < -0.39 is 0 Å². The maximum atomic E-state index is 8.12. The SMILES string of the molecule is N#CN=S1CCCC1. The second-order valence-corrected chi connectivity index (χ2v) is 3.69. The lowest BCUT2D eigenvalue weighted by atomic mass is 10.4. The third-order valence-electron chi connectivity index (χ3n) is 1.18. The molecule has 1 heterocycles. The molecule has 1 fully saturated rings. The molecule has 3 heteroatoms. The van der Waals surface area contributed by atoms with Gasteiger partial charge < -0.3 is 0 Å². The maximum absolute atomic E-state index is 8.12. The zero-order valence-electron chi connectivity index (χ0n) is 4.63. The molecule has 0 saturated carbocycles. The standard InChI is InChI=1S/C5H8N2S/c6-5-7-8-3-1-2-4-8/h1-4H2. The minimum atomic E-state index is 0.137. The van der Waals surface area contributed by atoms with Crippen molar-refractivity contribution in [2.24, 2.45) is 4.36 Å². The van der Waals surface area contributed by atoms with Crippen molar-refractivity contribution in [2.45, 2.75) is 12.8 Å². The van der Waals surface area contributed by atoms with Crippen molar-refractivity contribution in [1.29, 1.82) is 5.26 Å². The van der Waals surface area contributed by atoms with Gasteiger partial charge in [0, 0.05) is 11.5 Å². The van der Waals surface area contributed by atoms with Crippen LogP contribution in [0.15, 0.2) is 4.36 Å². The quantitative estimate of drug-likeness (QED) is 0.449. The lowest BCUT2D eigenvalue weighted by molar-refractivity contribution is 0.949. The lowest BCUT2D eigenvalue weighted by Crippen LogP contribution is -1.86. The molecule has 1 saturated heterocycles. The number of hydrogen-bond acceptors (Lipinski definition) is 2. The van der Waals surface area contributed by atoms with Gasteiger partial charge in [0.1, 0.15) is 0 Å². The summed E-state index contributed by atoms with van der Waals surface area (Å²) < 4.78 is 3.76. The first-order valence-corrected chi connectivity index (χ1v) is 4.23. The molecule has 0 aromatic rings. The summed E-state index contributed by atoms with van der Waals surface area (Å²) in [6.07, 6.45) is 4.39. The zero-order valence-corrected chi connectivity index (χ0v) is 5.45. The van der Waals surface area contributed by atoms with E-state index in [1.54, 1.807) is 0 Å². The van der Waals surface area contributed by atoms with Gasteiger partial charge in [0.15, 0.2) is 0 Å². The largest absolute Gasteiger partial charge is 0.212 e. The fraction of sp³-hybridized carbons (Fsp3) is 0.800. The molecule has 0 bridgehead atoms. The first-order valence-electron chi connectivity index (χ1n) is 2.71. The van der Waals surface area contributed by atoms with Crippen LogP contribution in [0.2, 0.25) is 0 Å². The molecule has 0 N–H and O–H groups in total. The zero-order chi connectivity index (χ0) is 5.82. The molecule has 0 atom stereocenters. The van der Waals surface area contributed by atoms with Crippen LogP contribution in [0.4, 0.5) is 0 Å². The second-order valence-electron chi connectivity index (χ2n) is 1.77. The molecule has 1 rings (SSSR count). The monoisotopic (exact) mass is 128 g/mol. The average molecular weight is 128 g/mol. The van der Waals surface area contributed by atoms with E-state index in [-0.39, 0.29) is 10.7 Å². The molecule has 0 aromatic heterocycles. The predicted molar refractivity (Wildman–Crippen MR) is 34.4 cm³/mol. The lowest BCUT2D eigenvalue weighted by Gasteiger charge is -1.85. The van der Waals surface area contributed by atoms with Crippen LogP contribution in [-0.2, 0) is 10.7 Å². The molecular weight excluding hydrogens is 120 g/mol. The Morgan fingerprint density at radius 2 is 2.00 bits per heavy atom. The summed E-state index contributed by atoms with van der Waals surface area (Å²) in [6.45, 7) is 0. The van der Waals surface area contributed by atoms with Gasteiger partial charge in [-0.3, -0.25) is 0 Å². The highest BCUT2D eigenvalue weighted by molar-refractivity contribution is 7.87. The molecule has 0 radical (unpaired) electrons. The summed E-state index contributed by atoms with van der Waals surface area (Å²) in [7, 11) is 0.137. The van der Waals surface area contributed by atoms with E-state index in [9.17, 15) is 0 Å². The number of nitrogens with zero attached hydrogens (tertiary/aromatic N) is 2. The summed E-state index contributed by atoms with van der Waals surface area (Å²) in [6, 6.07) is 0. The third-order valence-corrected chi connectivity index (χ3v) is 3.04. The molecule has 0 spiro atoms.